The Morgan fingerprint density at radius 2 is 1.91 bits per heavy atom. The van der Waals surface area contributed by atoms with Gasteiger partial charge in [-0.3, -0.25) is 4.31 Å². The maximum Gasteiger partial charge on any atom is 0.407 e. The molecule has 0 aliphatic carbocycles. The molecular formula is C20H21Cl2FN6O4S. The zero-order valence-corrected chi connectivity index (χ0v) is 20.3. The number of ether oxygens (including phenoxy) is 1. The van der Waals surface area contributed by atoms with Gasteiger partial charge in [0.15, 0.2) is 0 Å². The van der Waals surface area contributed by atoms with E-state index in [4.69, 9.17) is 27.9 Å². The fraction of sp³-hybridized carbons (Fsp3) is 0.300. The van der Waals surface area contributed by atoms with Crippen LogP contribution in [-0.4, -0.2) is 53.9 Å². The first-order chi connectivity index (χ1) is 16.2. The van der Waals surface area contributed by atoms with Gasteiger partial charge in [-0.1, -0.05) is 23.2 Å². The van der Waals surface area contributed by atoms with Crippen molar-refractivity contribution in [3.8, 4) is 0 Å². The number of alkyl carbamates (subject to hydrolysis) is 1. The highest BCUT2D eigenvalue weighted by molar-refractivity contribution is 7.92. The minimum Gasteiger partial charge on any atom is -0.447 e. The molecule has 182 valence electrons. The Bertz CT molecular complexity index is 1210. The van der Waals surface area contributed by atoms with Crippen molar-refractivity contribution in [1.29, 1.82) is 0 Å². The normalized spacial score (nSPS) is 12.2. The molecule has 2 aromatic carbocycles. The number of nitrogens with one attached hydrogen (secondary N) is 1. The summed E-state index contributed by atoms with van der Waals surface area (Å²) in [5.41, 5.74) is -0.277. The van der Waals surface area contributed by atoms with Crippen molar-refractivity contribution in [2.45, 2.75) is 30.8 Å². The summed E-state index contributed by atoms with van der Waals surface area (Å²) in [6.07, 6.45) is 1.24. The van der Waals surface area contributed by atoms with E-state index in [-0.39, 0.29) is 28.8 Å². The highest BCUT2D eigenvalue weighted by atomic mass is 35.5. The molecule has 1 amide bonds. The van der Waals surface area contributed by atoms with Crippen LogP contribution in [0.5, 0.6) is 0 Å². The van der Waals surface area contributed by atoms with E-state index >= 15 is 0 Å². The highest BCUT2D eigenvalue weighted by Crippen LogP contribution is 2.31. The molecule has 0 saturated heterocycles. The number of carbonyl (C=O) groups excluding carboxylic acids is 1. The molecule has 10 nitrogen and oxygen atoms in total. The Hall–Kier alpha value is -2.96. The van der Waals surface area contributed by atoms with Crippen LogP contribution >= 0.6 is 23.2 Å². The first-order valence-corrected chi connectivity index (χ1v) is 12.2. The van der Waals surface area contributed by atoms with Gasteiger partial charge in [0.25, 0.3) is 10.0 Å². The number of anilines is 1. The van der Waals surface area contributed by atoms with Crippen molar-refractivity contribution >= 4 is 45.0 Å². The summed E-state index contributed by atoms with van der Waals surface area (Å²) in [6.45, 7) is 1.91. The fourth-order valence-corrected chi connectivity index (χ4v) is 4.94. The number of halogens is 3. The molecule has 14 heteroatoms. The van der Waals surface area contributed by atoms with Gasteiger partial charge in [-0.25, -0.2) is 22.3 Å². The van der Waals surface area contributed by atoms with Gasteiger partial charge in [0.05, 0.1) is 16.6 Å². The highest BCUT2D eigenvalue weighted by Gasteiger charge is 2.32. The van der Waals surface area contributed by atoms with E-state index < -0.39 is 28.0 Å². The first-order valence-electron chi connectivity index (χ1n) is 10.0. The van der Waals surface area contributed by atoms with Gasteiger partial charge in [0, 0.05) is 23.1 Å². The molecule has 0 radical (unpaired) electrons. The third-order valence-electron chi connectivity index (χ3n) is 4.60. The van der Waals surface area contributed by atoms with E-state index in [0.29, 0.717) is 18.0 Å². The molecule has 0 fully saturated rings. The molecule has 3 rings (SSSR count). The molecule has 1 heterocycles. The average molecular weight is 531 g/mol. The molecule has 0 aliphatic heterocycles. The third kappa shape index (κ3) is 6.55. The van der Waals surface area contributed by atoms with Gasteiger partial charge in [0.2, 0.25) is 0 Å². The minimum atomic E-state index is -4.26. The lowest BCUT2D eigenvalue weighted by atomic mass is 10.2. The number of aryl methyl sites for hydroxylation is 1. The minimum absolute atomic E-state index is 0.116. The van der Waals surface area contributed by atoms with Crippen LogP contribution in [0.25, 0.3) is 0 Å². The van der Waals surface area contributed by atoms with Gasteiger partial charge in [0.1, 0.15) is 18.8 Å². The number of hydrogen-bond acceptors (Lipinski definition) is 7. The van der Waals surface area contributed by atoms with Crippen LogP contribution in [0.1, 0.15) is 13.3 Å². The van der Waals surface area contributed by atoms with E-state index in [0.717, 1.165) is 10.4 Å². The zero-order chi connectivity index (χ0) is 24.7. The number of hydrogen-bond donors (Lipinski definition) is 1. The van der Waals surface area contributed by atoms with Gasteiger partial charge < -0.3 is 10.1 Å². The second-order valence-electron chi connectivity index (χ2n) is 7.15. The average Bonchev–Trinajstić information content (AvgIpc) is 3.31. The number of aromatic nitrogens is 4. The monoisotopic (exact) mass is 530 g/mol. The number of rotatable bonds is 10. The lowest BCUT2D eigenvalue weighted by Crippen LogP contribution is -2.43. The summed E-state index contributed by atoms with van der Waals surface area (Å²) < 4.78 is 49.0. The summed E-state index contributed by atoms with van der Waals surface area (Å²) in [4.78, 5) is 12.0. The van der Waals surface area contributed by atoms with E-state index in [2.05, 4.69) is 20.8 Å². The van der Waals surface area contributed by atoms with E-state index in [1.165, 1.54) is 54.3 Å². The lowest BCUT2D eigenvalue weighted by Gasteiger charge is -2.30. The van der Waals surface area contributed by atoms with E-state index in [1.807, 2.05) is 0 Å². The predicted molar refractivity (Wildman–Crippen MR) is 124 cm³/mol. The zero-order valence-electron chi connectivity index (χ0n) is 17.9. The standard InChI is InChI=1S/C20H21Cl2FN6O4S/c1-14(12-33-20(30)24-9-2-10-28-13-25-26-27-28)29(19-11-16(22)5-8-18(19)23)34(31,32)17-6-3-15(21)4-7-17/h3-8,11,13-14H,2,9-10,12H2,1H3,(H,24,30)/t14-/m1/s1. The SMILES string of the molecule is C[C@H](COC(=O)NCCCn1cnnn1)N(c1cc(Cl)ccc1F)S(=O)(=O)c1ccc(Cl)cc1. The van der Waals surface area contributed by atoms with E-state index in [1.54, 1.807) is 0 Å². The number of benzene rings is 2. The van der Waals surface area contributed by atoms with Gasteiger partial charge in [-0.05, 0) is 66.2 Å². The van der Waals surface area contributed by atoms with Crippen molar-refractivity contribution < 1.29 is 22.3 Å². The maximum absolute atomic E-state index is 14.7. The molecule has 1 atom stereocenters. The summed E-state index contributed by atoms with van der Waals surface area (Å²) in [7, 11) is -4.26. The maximum atomic E-state index is 14.7. The Balaban J connectivity index is 1.72. The van der Waals surface area contributed by atoms with E-state index in [9.17, 15) is 17.6 Å². The van der Waals surface area contributed by atoms with Crippen molar-refractivity contribution in [2.75, 3.05) is 17.5 Å². The second kappa shape index (κ2) is 11.4. The van der Waals surface area contributed by atoms with Gasteiger partial charge in [-0.2, -0.15) is 0 Å². The molecule has 0 bridgehead atoms. The Morgan fingerprint density at radius 3 is 2.59 bits per heavy atom. The third-order valence-corrected chi connectivity index (χ3v) is 7.03. The summed E-state index contributed by atoms with van der Waals surface area (Å²) in [5.74, 6) is -0.805. The summed E-state index contributed by atoms with van der Waals surface area (Å²) in [5, 5.41) is 13.8. The largest absolute Gasteiger partial charge is 0.447 e. The quantitative estimate of drug-likeness (QED) is 0.398. The number of tetrazole rings is 1. The van der Waals surface area contributed by atoms with Crippen molar-refractivity contribution in [1.82, 2.24) is 25.5 Å². The topological polar surface area (TPSA) is 119 Å². The molecule has 3 aromatic rings. The molecule has 0 saturated carbocycles. The molecule has 34 heavy (non-hydrogen) atoms. The number of amides is 1. The summed E-state index contributed by atoms with van der Waals surface area (Å²) in [6, 6.07) is 8.01. The fourth-order valence-electron chi connectivity index (χ4n) is 3.01. The van der Waals surface area contributed by atoms with Crippen LogP contribution in [0.3, 0.4) is 0 Å². The number of sulfonamides is 1. The summed E-state index contributed by atoms with van der Waals surface area (Å²) >= 11 is 11.9. The Kier molecular flexibility index (Phi) is 8.64. The van der Waals surface area contributed by atoms with Crippen LogP contribution in [0.2, 0.25) is 10.0 Å². The van der Waals surface area contributed by atoms with Gasteiger partial charge in [-0.15, -0.1) is 5.10 Å². The lowest BCUT2D eigenvalue weighted by molar-refractivity contribution is 0.141. The molecule has 1 aromatic heterocycles. The number of carbonyl (C=O) groups is 1. The molecule has 0 aliphatic rings. The smallest absolute Gasteiger partial charge is 0.407 e. The van der Waals surface area contributed by atoms with Crippen LogP contribution < -0.4 is 9.62 Å². The molecule has 0 spiro atoms. The van der Waals surface area contributed by atoms with Gasteiger partial charge >= 0.3 is 6.09 Å². The molecular weight excluding hydrogens is 510 g/mol. The van der Waals surface area contributed by atoms with Crippen LogP contribution in [0.15, 0.2) is 53.7 Å². The van der Waals surface area contributed by atoms with Crippen LogP contribution in [0.4, 0.5) is 14.9 Å². The van der Waals surface area contributed by atoms with Crippen molar-refractivity contribution in [3.05, 3.63) is 64.7 Å². The number of nitrogens with zero attached hydrogens (tertiary/aromatic N) is 5. The predicted octanol–water partition coefficient (Wildman–Crippen LogP) is 3.52. The first kappa shape index (κ1) is 25.7. The second-order valence-corrected chi connectivity index (χ2v) is 9.84. The van der Waals surface area contributed by atoms with Crippen molar-refractivity contribution in [2.24, 2.45) is 0 Å². The van der Waals surface area contributed by atoms with Crippen LogP contribution in [0, 0.1) is 5.82 Å². The van der Waals surface area contributed by atoms with Crippen molar-refractivity contribution in [3.63, 3.8) is 0 Å². The Labute approximate surface area is 205 Å². The Morgan fingerprint density at radius 1 is 1.21 bits per heavy atom. The molecule has 1 N–H and O–H groups in total. The van der Waals surface area contributed by atoms with Crippen LogP contribution in [-0.2, 0) is 21.3 Å². The molecule has 0 unspecified atom stereocenters.